The van der Waals surface area contributed by atoms with Crippen LogP contribution in [0.4, 0.5) is 5.69 Å². The van der Waals surface area contributed by atoms with Gasteiger partial charge in [-0.25, -0.2) is 4.85 Å². The maximum atomic E-state index is 7.13. The molecule has 2 heterocycles. The molecule has 1 aliphatic carbocycles. The van der Waals surface area contributed by atoms with E-state index in [-0.39, 0.29) is 0 Å². The summed E-state index contributed by atoms with van der Waals surface area (Å²) in [6, 6.07) is 6.08. The molecule has 19 heavy (non-hydrogen) atoms. The number of likely N-dealkylation sites (N-methyl/N-ethyl adjacent to an activating group) is 1. The average molecular weight is 251 g/mol. The lowest BCUT2D eigenvalue weighted by molar-refractivity contribution is 0.386. The van der Waals surface area contributed by atoms with Gasteiger partial charge >= 0.3 is 0 Å². The third-order valence-corrected chi connectivity index (χ3v) is 4.79. The molecular weight excluding hydrogens is 234 g/mol. The number of hydrogen-bond acceptors (Lipinski definition) is 1. The van der Waals surface area contributed by atoms with Gasteiger partial charge in [0.15, 0.2) is 5.69 Å². The minimum atomic E-state index is 0.682. The van der Waals surface area contributed by atoms with E-state index in [4.69, 9.17) is 6.57 Å². The first-order chi connectivity index (χ1) is 9.26. The van der Waals surface area contributed by atoms with Gasteiger partial charge in [-0.2, -0.15) is 0 Å². The van der Waals surface area contributed by atoms with Crippen LogP contribution in [0.2, 0.25) is 0 Å². The van der Waals surface area contributed by atoms with Gasteiger partial charge in [-0.1, -0.05) is 12.1 Å². The first kappa shape index (κ1) is 11.1. The van der Waals surface area contributed by atoms with Crippen molar-refractivity contribution in [2.24, 2.45) is 5.92 Å². The summed E-state index contributed by atoms with van der Waals surface area (Å²) < 4.78 is 0. The van der Waals surface area contributed by atoms with Crippen LogP contribution in [0.25, 0.3) is 15.7 Å². The monoisotopic (exact) mass is 251 g/mol. The van der Waals surface area contributed by atoms with Gasteiger partial charge in [0.1, 0.15) is 0 Å². The van der Waals surface area contributed by atoms with E-state index in [1.54, 1.807) is 0 Å². The SMILES string of the molecule is [C-]#[N+]c1ccc2c3c([nH]c2c1)CCC1CN(C)CC31. The highest BCUT2D eigenvalue weighted by Gasteiger charge is 2.37. The Morgan fingerprint density at radius 3 is 3.11 bits per heavy atom. The highest BCUT2D eigenvalue weighted by molar-refractivity contribution is 5.88. The number of aromatic amines is 1. The summed E-state index contributed by atoms with van der Waals surface area (Å²) in [5, 5.41) is 1.34. The van der Waals surface area contributed by atoms with Gasteiger partial charge in [0.25, 0.3) is 0 Å². The quantitative estimate of drug-likeness (QED) is 0.713. The van der Waals surface area contributed by atoms with Crippen LogP contribution >= 0.6 is 0 Å². The van der Waals surface area contributed by atoms with Crippen molar-refractivity contribution in [3.63, 3.8) is 0 Å². The van der Waals surface area contributed by atoms with E-state index in [0.29, 0.717) is 5.92 Å². The van der Waals surface area contributed by atoms with Gasteiger partial charge in [-0.05, 0) is 37.4 Å². The molecule has 3 heteroatoms. The van der Waals surface area contributed by atoms with E-state index < -0.39 is 0 Å². The molecule has 2 unspecified atom stereocenters. The van der Waals surface area contributed by atoms with Gasteiger partial charge in [0.05, 0.1) is 6.57 Å². The van der Waals surface area contributed by atoms with Crippen LogP contribution in [0.5, 0.6) is 0 Å². The number of nitrogens with one attached hydrogen (secondary N) is 1. The second-order valence-corrected chi connectivity index (χ2v) is 5.99. The molecule has 1 aliphatic heterocycles. The predicted molar refractivity (Wildman–Crippen MR) is 76.6 cm³/mol. The van der Waals surface area contributed by atoms with Gasteiger partial charge in [0, 0.05) is 35.6 Å². The maximum absolute atomic E-state index is 7.13. The molecule has 0 radical (unpaired) electrons. The number of benzene rings is 1. The second-order valence-electron chi connectivity index (χ2n) is 5.99. The summed E-state index contributed by atoms with van der Waals surface area (Å²) in [6.45, 7) is 9.54. The van der Waals surface area contributed by atoms with Crippen molar-refractivity contribution in [3.8, 4) is 0 Å². The second kappa shape index (κ2) is 3.85. The van der Waals surface area contributed by atoms with Crippen molar-refractivity contribution >= 4 is 16.6 Å². The number of aryl methyl sites for hydroxylation is 1. The third-order valence-electron chi connectivity index (χ3n) is 4.79. The smallest absolute Gasteiger partial charge is 0.189 e. The van der Waals surface area contributed by atoms with Crippen molar-refractivity contribution in [1.82, 2.24) is 9.88 Å². The number of aromatic nitrogens is 1. The summed E-state index contributed by atoms with van der Waals surface area (Å²) in [6.07, 6.45) is 2.46. The van der Waals surface area contributed by atoms with E-state index in [0.717, 1.165) is 23.5 Å². The van der Waals surface area contributed by atoms with Crippen LogP contribution in [-0.2, 0) is 6.42 Å². The molecule has 2 atom stereocenters. The van der Waals surface area contributed by atoms with Crippen LogP contribution in [-0.4, -0.2) is 30.0 Å². The fourth-order valence-corrected chi connectivity index (χ4v) is 3.99. The zero-order chi connectivity index (χ0) is 13.0. The predicted octanol–water partition coefficient (Wildman–Crippen LogP) is 3.31. The van der Waals surface area contributed by atoms with Crippen LogP contribution in [0.3, 0.4) is 0 Å². The Bertz CT molecular complexity index is 692. The zero-order valence-corrected chi connectivity index (χ0v) is 11.1. The van der Waals surface area contributed by atoms with E-state index in [1.807, 2.05) is 12.1 Å². The molecule has 1 N–H and O–H groups in total. The maximum Gasteiger partial charge on any atom is 0.189 e. The molecular formula is C16H17N3. The molecule has 1 aromatic carbocycles. The molecule has 0 amide bonds. The fraction of sp³-hybridized carbons (Fsp3) is 0.438. The highest BCUT2D eigenvalue weighted by atomic mass is 15.1. The number of hydrogen-bond donors (Lipinski definition) is 1. The van der Waals surface area contributed by atoms with Crippen molar-refractivity contribution < 1.29 is 0 Å². The highest BCUT2D eigenvalue weighted by Crippen LogP contribution is 2.44. The summed E-state index contributed by atoms with van der Waals surface area (Å²) in [5.41, 5.74) is 4.82. The standard InChI is InChI=1S/C16H17N3/c1-17-11-4-5-12-15(7-11)18-14-6-3-10-8-19(2)9-13(10)16(12)14/h4-5,7,10,13,18H,3,6,8-9H2,2H3. The lowest BCUT2D eigenvalue weighted by Crippen LogP contribution is -2.18. The minimum Gasteiger partial charge on any atom is -0.359 e. The van der Waals surface area contributed by atoms with E-state index >= 15 is 0 Å². The molecule has 0 bridgehead atoms. The summed E-state index contributed by atoms with van der Waals surface area (Å²) in [7, 11) is 2.23. The Morgan fingerprint density at radius 2 is 2.26 bits per heavy atom. The Labute approximate surface area is 113 Å². The molecule has 3 nitrogen and oxygen atoms in total. The number of H-pyrrole nitrogens is 1. The van der Waals surface area contributed by atoms with E-state index in [1.165, 1.54) is 36.2 Å². The van der Waals surface area contributed by atoms with Crippen LogP contribution in [0.15, 0.2) is 18.2 Å². The topological polar surface area (TPSA) is 23.4 Å². The molecule has 0 spiro atoms. The molecule has 2 aliphatic rings. The van der Waals surface area contributed by atoms with Crippen molar-refractivity contribution in [2.75, 3.05) is 20.1 Å². The van der Waals surface area contributed by atoms with Crippen LogP contribution < -0.4 is 0 Å². The number of fused-ring (bicyclic) bond motifs is 5. The third kappa shape index (κ3) is 1.53. The molecule has 1 aromatic heterocycles. The summed E-state index contributed by atoms with van der Waals surface area (Å²) in [5.74, 6) is 1.50. The lowest BCUT2D eigenvalue weighted by atomic mass is 9.79. The van der Waals surface area contributed by atoms with Crippen molar-refractivity contribution in [3.05, 3.63) is 40.9 Å². The van der Waals surface area contributed by atoms with Crippen molar-refractivity contribution in [2.45, 2.75) is 18.8 Å². The Kier molecular flexibility index (Phi) is 2.24. The molecule has 1 saturated heterocycles. The summed E-state index contributed by atoms with van der Waals surface area (Å²) >= 11 is 0. The van der Waals surface area contributed by atoms with Gasteiger partial charge in [-0.15, -0.1) is 0 Å². The van der Waals surface area contributed by atoms with Gasteiger partial charge < -0.3 is 9.88 Å². The van der Waals surface area contributed by atoms with Crippen LogP contribution in [0, 0.1) is 12.5 Å². The first-order valence-corrected chi connectivity index (χ1v) is 6.97. The lowest BCUT2D eigenvalue weighted by Gasteiger charge is -2.24. The van der Waals surface area contributed by atoms with Gasteiger partial charge in [-0.3, -0.25) is 0 Å². The molecule has 4 rings (SSSR count). The normalized spacial score (nSPS) is 26.1. The molecule has 96 valence electrons. The van der Waals surface area contributed by atoms with Gasteiger partial charge in [0.2, 0.25) is 0 Å². The number of likely N-dealkylation sites (tertiary alicyclic amines) is 1. The zero-order valence-electron chi connectivity index (χ0n) is 11.1. The number of nitrogens with zero attached hydrogens (tertiary/aromatic N) is 2. The van der Waals surface area contributed by atoms with E-state index in [2.05, 4.69) is 27.8 Å². The average Bonchev–Trinajstić information content (AvgIpc) is 2.96. The fourth-order valence-electron chi connectivity index (χ4n) is 3.99. The minimum absolute atomic E-state index is 0.682. The summed E-state index contributed by atoms with van der Waals surface area (Å²) in [4.78, 5) is 9.54. The Morgan fingerprint density at radius 1 is 1.37 bits per heavy atom. The first-order valence-electron chi connectivity index (χ1n) is 6.97. The van der Waals surface area contributed by atoms with Crippen molar-refractivity contribution in [1.29, 1.82) is 0 Å². The molecule has 2 aromatic rings. The van der Waals surface area contributed by atoms with E-state index in [9.17, 15) is 0 Å². The Hall–Kier alpha value is -1.79. The molecule has 0 saturated carbocycles. The number of rotatable bonds is 0. The Balaban J connectivity index is 1.91. The molecule has 1 fully saturated rings. The van der Waals surface area contributed by atoms with Crippen LogP contribution in [0.1, 0.15) is 23.6 Å². The largest absolute Gasteiger partial charge is 0.359 e.